The van der Waals surface area contributed by atoms with Gasteiger partial charge in [0, 0.05) is 0 Å². The molecule has 0 fully saturated rings. The molecule has 22 heavy (non-hydrogen) atoms. The second-order valence-corrected chi connectivity index (χ2v) is 7.01. The van der Waals surface area contributed by atoms with E-state index in [2.05, 4.69) is 4.79 Å². The monoisotopic (exact) mass is 340 g/mol. The average Bonchev–Trinajstić information content (AvgIpc) is 2.48. The van der Waals surface area contributed by atoms with Crippen molar-refractivity contribution >= 4 is 30.0 Å². The SMILES string of the molecule is [N-]=[N+]=C(c1ccccc1)S(=O)(=O)C1=CC=CC(=S(=O)=O)C1F. The summed E-state index contributed by atoms with van der Waals surface area (Å²) in [6.45, 7) is 0. The van der Waals surface area contributed by atoms with E-state index in [0.29, 0.717) is 0 Å². The van der Waals surface area contributed by atoms with E-state index in [9.17, 15) is 21.2 Å². The number of nitrogens with zero attached hydrogens (tertiary/aromatic N) is 2. The molecule has 0 heterocycles. The maximum absolute atomic E-state index is 14.2. The van der Waals surface area contributed by atoms with E-state index in [1.807, 2.05) is 0 Å². The van der Waals surface area contributed by atoms with Crippen LogP contribution in [0.5, 0.6) is 0 Å². The quantitative estimate of drug-likeness (QED) is 0.262. The number of allylic oxidation sites excluding steroid dienone is 4. The molecule has 1 aromatic rings. The van der Waals surface area contributed by atoms with Gasteiger partial charge in [0.05, 0.1) is 10.5 Å². The lowest BCUT2D eigenvalue weighted by Gasteiger charge is -2.12. The van der Waals surface area contributed by atoms with Gasteiger partial charge >= 0.3 is 5.04 Å². The first-order valence-electron chi connectivity index (χ1n) is 5.90. The van der Waals surface area contributed by atoms with Crippen molar-refractivity contribution in [3.8, 4) is 0 Å². The van der Waals surface area contributed by atoms with Gasteiger partial charge in [0.15, 0.2) is 6.17 Å². The van der Waals surface area contributed by atoms with E-state index < -0.39 is 41.1 Å². The fourth-order valence-electron chi connectivity index (χ4n) is 1.87. The zero-order valence-electron chi connectivity index (χ0n) is 10.9. The van der Waals surface area contributed by atoms with E-state index in [1.54, 1.807) is 6.07 Å². The minimum atomic E-state index is -4.50. The standard InChI is InChI=1S/C13H9FN2O4S2/c14-12-10(21(17)18)7-4-8-11(12)22(19,20)13(16-15)9-5-2-1-3-6-9/h1-8,12H. The Morgan fingerprint density at radius 3 is 2.41 bits per heavy atom. The van der Waals surface area contributed by atoms with Gasteiger partial charge in [0.2, 0.25) is 10.3 Å². The molecule has 0 aromatic heterocycles. The average molecular weight is 340 g/mol. The van der Waals surface area contributed by atoms with Gasteiger partial charge in [-0.25, -0.2) is 12.8 Å². The molecule has 1 aliphatic rings. The van der Waals surface area contributed by atoms with E-state index in [1.165, 1.54) is 24.3 Å². The van der Waals surface area contributed by atoms with E-state index in [0.717, 1.165) is 18.2 Å². The van der Waals surface area contributed by atoms with Crippen molar-refractivity contribution in [3.05, 3.63) is 64.6 Å². The third kappa shape index (κ3) is 2.82. The first-order valence-corrected chi connectivity index (χ1v) is 8.46. The molecule has 1 unspecified atom stereocenters. The van der Waals surface area contributed by atoms with Gasteiger partial charge in [0.1, 0.15) is 4.86 Å². The van der Waals surface area contributed by atoms with E-state index in [-0.39, 0.29) is 5.56 Å². The lowest BCUT2D eigenvalue weighted by molar-refractivity contribution is 0.000658. The fourth-order valence-corrected chi connectivity index (χ4v) is 3.87. The normalized spacial score (nSPS) is 17.6. The van der Waals surface area contributed by atoms with Gasteiger partial charge in [-0.1, -0.05) is 24.3 Å². The van der Waals surface area contributed by atoms with Crippen molar-refractivity contribution < 1.29 is 26.0 Å². The second kappa shape index (κ2) is 6.18. The molecule has 0 radical (unpaired) electrons. The topological polar surface area (TPSA) is 105 Å². The maximum Gasteiger partial charge on any atom is 0.416 e. The van der Waals surface area contributed by atoms with Crippen molar-refractivity contribution in [3.63, 3.8) is 0 Å². The smallest absolute Gasteiger partial charge is 0.360 e. The highest BCUT2D eigenvalue weighted by Gasteiger charge is 2.40. The summed E-state index contributed by atoms with van der Waals surface area (Å²) in [5, 5.41) is -0.756. The van der Waals surface area contributed by atoms with Crippen LogP contribution in [0.3, 0.4) is 0 Å². The Kier molecular flexibility index (Phi) is 4.51. The molecule has 1 aliphatic carbocycles. The van der Waals surface area contributed by atoms with Gasteiger partial charge in [-0.15, -0.1) is 0 Å². The molecule has 0 bridgehead atoms. The van der Waals surface area contributed by atoms with E-state index >= 15 is 0 Å². The fraction of sp³-hybridized carbons (Fsp3) is 0.0769. The molecule has 1 aromatic carbocycles. The molecular formula is C13H9FN2O4S2. The Bertz CT molecular complexity index is 947. The number of halogens is 1. The molecule has 6 nitrogen and oxygen atoms in total. The van der Waals surface area contributed by atoms with Crippen LogP contribution < -0.4 is 0 Å². The van der Waals surface area contributed by atoms with Gasteiger partial charge in [-0.05, 0) is 24.3 Å². The first kappa shape index (κ1) is 16.0. The number of benzene rings is 1. The Balaban J connectivity index is 2.61. The Hall–Kier alpha value is -2.35. The number of rotatable bonds is 2. The Morgan fingerprint density at radius 1 is 1.23 bits per heavy atom. The molecule has 0 amide bonds. The summed E-state index contributed by atoms with van der Waals surface area (Å²) >= 11 is 0. The zero-order valence-corrected chi connectivity index (χ0v) is 12.6. The molecule has 0 spiro atoms. The van der Waals surface area contributed by atoms with Gasteiger partial charge in [-0.3, -0.25) is 0 Å². The molecule has 1 atom stereocenters. The van der Waals surface area contributed by atoms with E-state index in [4.69, 9.17) is 5.53 Å². The molecular weight excluding hydrogens is 331 g/mol. The summed E-state index contributed by atoms with van der Waals surface area (Å²) in [5.41, 5.74) is 9.07. The lowest BCUT2D eigenvalue weighted by Crippen LogP contribution is -2.30. The van der Waals surface area contributed by atoms with Crippen LogP contribution in [0.1, 0.15) is 5.56 Å². The zero-order chi connectivity index (χ0) is 16.3. The third-order valence-corrected chi connectivity index (χ3v) is 5.41. The minimum Gasteiger partial charge on any atom is -0.360 e. The number of sulfone groups is 1. The molecule has 9 heteroatoms. The van der Waals surface area contributed by atoms with Gasteiger partial charge < -0.3 is 5.53 Å². The summed E-state index contributed by atoms with van der Waals surface area (Å²) in [6.07, 6.45) is 0.651. The Morgan fingerprint density at radius 2 is 1.86 bits per heavy atom. The number of hydrogen-bond acceptors (Lipinski definition) is 4. The van der Waals surface area contributed by atoms with Crippen LogP contribution in [0.15, 0.2) is 53.5 Å². The number of hydrogen-bond donors (Lipinski definition) is 0. The molecule has 0 aliphatic heterocycles. The lowest BCUT2D eigenvalue weighted by atomic mass is 10.1. The first-order chi connectivity index (χ1) is 10.4. The molecule has 0 N–H and O–H groups in total. The van der Waals surface area contributed by atoms with Crippen LogP contribution in [-0.4, -0.2) is 37.7 Å². The predicted molar refractivity (Wildman–Crippen MR) is 79.1 cm³/mol. The molecule has 0 saturated heterocycles. The molecule has 2 rings (SSSR count). The predicted octanol–water partition coefficient (Wildman–Crippen LogP) is 0.921. The highest BCUT2D eigenvalue weighted by atomic mass is 32.2. The van der Waals surface area contributed by atoms with Crippen molar-refractivity contribution in [2.75, 3.05) is 0 Å². The van der Waals surface area contributed by atoms with Gasteiger partial charge in [0.25, 0.3) is 9.84 Å². The highest BCUT2D eigenvalue weighted by Crippen LogP contribution is 2.23. The largest absolute Gasteiger partial charge is 0.416 e. The van der Waals surface area contributed by atoms with Crippen molar-refractivity contribution in [1.82, 2.24) is 0 Å². The summed E-state index contributed by atoms with van der Waals surface area (Å²) in [7, 11) is -7.40. The van der Waals surface area contributed by atoms with Crippen molar-refractivity contribution in [2.45, 2.75) is 6.17 Å². The second-order valence-electron chi connectivity index (χ2n) is 4.20. The number of alkyl halides is 1. The van der Waals surface area contributed by atoms with Crippen LogP contribution >= 0.6 is 0 Å². The van der Waals surface area contributed by atoms with Crippen LogP contribution in [0, 0.1) is 0 Å². The summed E-state index contributed by atoms with van der Waals surface area (Å²) in [5.74, 6) is 0. The summed E-state index contributed by atoms with van der Waals surface area (Å²) in [4.78, 5) is 1.24. The minimum absolute atomic E-state index is 0.0532. The van der Waals surface area contributed by atoms with Crippen LogP contribution in [0.2, 0.25) is 0 Å². The highest BCUT2D eigenvalue weighted by molar-refractivity contribution is 8.10. The van der Waals surface area contributed by atoms with Crippen molar-refractivity contribution in [2.24, 2.45) is 0 Å². The molecule has 0 saturated carbocycles. The summed E-state index contributed by atoms with van der Waals surface area (Å²) < 4.78 is 60.9. The van der Waals surface area contributed by atoms with Crippen LogP contribution in [0.25, 0.3) is 5.53 Å². The van der Waals surface area contributed by atoms with Crippen LogP contribution in [-0.2, 0) is 20.1 Å². The Labute approximate surface area is 127 Å². The van der Waals surface area contributed by atoms with Crippen LogP contribution in [0.4, 0.5) is 4.39 Å². The summed E-state index contributed by atoms with van der Waals surface area (Å²) in [6, 6.07) is 7.40. The maximum atomic E-state index is 14.2. The van der Waals surface area contributed by atoms with Gasteiger partial charge in [-0.2, -0.15) is 13.2 Å². The third-order valence-electron chi connectivity index (χ3n) is 2.89. The molecule has 114 valence electrons. The van der Waals surface area contributed by atoms with Crippen molar-refractivity contribution in [1.29, 1.82) is 0 Å².